The topological polar surface area (TPSA) is 29.5 Å². The summed E-state index contributed by atoms with van der Waals surface area (Å²) < 4.78 is 32.1. The Kier molecular flexibility index (Phi) is 4.57. The molecule has 5 heteroatoms. The number of rotatable bonds is 4. The standard InChI is InChI=1S/C15H13ClF2O2/c1-9(19)13-4-3-12(7-15(13)18)20-8-10-6-11(17)2-5-14(10)16/h2-7,9,19H,8H2,1H3. The van der Waals surface area contributed by atoms with Crippen molar-refractivity contribution in [3.8, 4) is 5.75 Å². The summed E-state index contributed by atoms with van der Waals surface area (Å²) >= 11 is 5.91. The Balaban J connectivity index is 2.11. The largest absolute Gasteiger partial charge is 0.489 e. The lowest BCUT2D eigenvalue weighted by Crippen LogP contribution is -2.00. The van der Waals surface area contributed by atoms with E-state index >= 15 is 0 Å². The average Bonchev–Trinajstić information content (AvgIpc) is 2.39. The molecule has 2 nitrogen and oxygen atoms in total. The second-order valence-electron chi connectivity index (χ2n) is 4.38. The van der Waals surface area contributed by atoms with Gasteiger partial charge in [-0.1, -0.05) is 11.6 Å². The number of aliphatic hydroxyl groups excluding tert-OH is 1. The molecule has 20 heavy (non-hydrogen) atoms. The van der Waals surface area contributed by atoms with Gasteiger partial charge in [-0.2, -0.15) is 0 Å². The van der Waals surface area contributed by atoms with E-state index in [0.29, 0.717) is 10.6 Å². The molecule has 1 atom stereocenters. The van der Waals surface area contributed by atoms with Gasteiger partial charge < -0.3 is 9.84 Å². The van der Waals surface area contributed by atoms with Crippen LogP contribution >= 0.6 is 11.6 Å². The SMILES string of the molecule is CC(O)c1ccc(OCc2cc(F)ccc2Cl)cc1F. The third-order valence-corrected chi connectivity index (χ3v) is 3.19. The molecule has 2 rings (SSSR count). The van der Waals surface area contributed by atoms with Crippen LogP contribution in [0.5, 0.6) is 5.75 Å². The van der Waals surface area contributed by atoms with Gasteiger partial charge in [0.1, 0.15) is 24.0 Å². The number of benzene rings is 2. The average molecular weight is 299 g/mol. The Morgan fingerprint density at radius 3 is 2.60 bits per heavy atom. The molecule has 1 N–H and O–H groups in total. The van der Waals surface area contributed by atoms with Crippen molar-refractivity contribution in [2.24, 2.45) is 0 Å². The maximum absolute atomic E-state index is 13.6. The zero-order valence-electron chi connectivity index (χ0n) is 10.7. The first-order valence-corrected chi connectivity index (χ1v) is 6.39. The maximum Gasteiger partial charge on any atom is 0.132 e. The molecule has 2 aromatic carbocycles. The van der Waals surface area contributed by atoms with E-state index in [1.54, 1.807) is 6.07 Å². The summed E-state index contributed by atoms with van der Waals surface area (Å²) in [4.78, 5) is 0. The van der Waals surface area contributed by atoms with Crippen LogP contribution in [0, 0.1) is 11.6 Å². The van der Waals surface area contributed by atoms with E-state index in [9.17, 15) is 13.9 Å². The van der Waals surface area contributed by atoms with Crippen molar-refractivity contribution >= 4 is 11.6 Å². The highest BCUT2D eigenvalue weighted by molar-refractivity contribution is 6.31. The van der Waals surface area contributed by atoms with Crippen molar-refractivity contribution in [3.05, 3.63) is 64.2 Å². The molecule has 0 aliphatic heterocycles. The summed E-state index contributed by atoms with van der Waals surface area (Å²) in [5.74, 6) is -0.682. The van der Waals surface area contributed by atoms with E-state index < -0.39 is 17.7 Å². The first kappa shape index (κ1) is 14.8. The fourth-order valence-corrected chi connectivity index (χ4v) is 1.92. The molecule has 0 saturated carbocycles. The summed E-state index contributed by atoms with van der Waals surface area (Å²) in [6, 6.07) is 8.12. The third kappa shape index (κ3) is 3.46. The van der Waals surface area contributed by atoms with Crippen LogP contribution in [-0.2, 0) is 6.61 Å². The van der Waals surface area contributed by atoms with Gasteiger partial charge in [-0.05, 0) is 37.3 Å². The van der Waals surface area contributed by atoms with Crippen LogP contribution in [0.25, 0.3) is 0 Å². The number of hydrogen-bond donors (Lipinski definition) is 1. The van der Waals surface area contributed by atoms with E-state index in [1.165, 1.54) is 37.3 Å². The number of halogens is 3. The Labute approximate surface area is 120 Å². The van der Waals surface area contributed by atoms with E-state index in [2.05, 4.69) is 0 Å². The van der Waals surface area contributed by atoms with Crippen molar-refractivity contribution in [2.45, 2.75) is 19.6 Å². The second kappa shape index (κ2) is 6.20. The molecule has 0 aliphatic carbocycles. The van der Waals surface area contributed by atoms with Gasteiger partial charge in [-0.15, -0.1) is 0 Å². The van der Waals surface area contributed by atoms with Crippen molar-refractivity contribution < 1.29 is 18.6 Å². The molecule has 0 fully saturated rings. The molecule has 106 valence electrons. The Hall–Kier alpha value is -1.65. The van der Waals surface area contributed by atoms with Crippen LogP contribution < -0.4 is 4.74 Å². The van der Waals surface area contributed by atoms with Crippen molar-refractivity contribution in [2.75, 3.05) is 0 Å². The van der Waals surface area contributed by atoms with E-state index in [0.717, 1.165) is 0 Å². The zero-order chi connectivity index (χ0) is 14.7. The highest BCUT2D eigenvalue weighted by atomic mass is 35.5. The molecule has 0 bridgehead atoms. The molecule has 0 aliphatic rings. The first-order chi connectivity index (χ1) is 9.47. The lowest BCUT2D eigenvalue weighted by atomic mass is 10.1. The van der Waals surface area contributed by atoms with Gasteiger partial charge in [0, 0.05) is 22.2 Å². The van der Waals surface area contributed by atoms with E-state index in [1.807, 2.05) is 0 Å². The fraction of sp³-hybridized carbons (Fsp3) is 0.200. The smallest absolute Gasteiger partial charge is 0.132 e. The number of aliphatic hydroxyl groups is 1. The molecular weight excluding hydrogens is 286 g/mol. The second-order valence-corrected chi connectivity index (χ2v) is 4.79. The fourth-order valence-electron chi connectivity index (χ4n) is 1.75. The van der Waals surface area contributed by atoms with Gasteiger partial charge in [0.25, 0.3) is 0 Å². The minimum Gasteiger partial charge on any atom is -0.489 e. The quantitative estimate of drug-likeness (QED) is 0.914. The predicted octanol–water partition coefficient (Wildman–Crippen LogP) is 4.25. The Morgan fingerprint density at radius 2 is 1.95 bits per heavy atom. The summed E-state index contributed by atoms with van der Waals surface area (Å²) in [5.41, 5.74) is 0.674. The molecular formula is C15H13ClF2O2. The van der Waals surface area contributed by atoms with Crippen molar-refractivity contribution in [1.29, 1.82) is 0 Å². The highest BCUT2D eigenvalue weighted by Gasteiger charge is 2.10. The van der Waals surface area contributed by atoms with Crippen LogP contribution in [0.2, 0.25) is 5.02 Å². The van der Waals surface area contributed by atoms with Crippen LogP contribution in [0.3, 0.4) is 0 Å². The highest BCUT2D eigenvalue weighted by Crippen LogP contribution is 2.24. The summed E-state index contributed by atoms with van der Waals surface area (Å²) in [5, 5.41) is 9.71. The molecule has 1 unspecified atom stereocenters. The first-order valence-electron chi connectivity index (χ1n) is 6.01. The summed E-state index contributed by atoms with van der Waals surface area (Å²) in [7, 11) is 0. The van der Waals surface area contributed by atoms with Gasteiger partial charge in [-0.25, -0.2) is 8.78 Å². The van der Waals surface area contributed by atoms with Crippen LogP contribution in [-0.4, -0.2) is 5.11 Å². The Bertz CT molecular complexity index is 615. The minimum absolute atomic E-state index is 0.0318. The van der Waals surface area contributed by atoms with Gasteiger partial charge in [0.2, 0.25) is 0 Å². The van der Waals surface area contributed by atoms with Gasteiger partial charge in [0.15, 0.2) is 0 Å². The van der Waals surface area contributed by atoms with Crippen LogP contribution in [0.1, 0.15) is 24.2 Å². The number of hydrogen-bond acceptors (Lipinski definition) is 2. The normalized spacial score (nSPS) is 12.2. The molecule has 0 spiro atoms. The molecule has 0 radical (unpaired) electrons. The lowest BCUT2D eigenvalue weighted by Gasteiger charge is -2.11. The van der Waals surface area contributed by atoms with Crippen molar-refractivity contribution in [3.63, 3.8) is 0 Å². The van der Waals surface area contributed by atoms with Crippen LogP contribution in [0.4, 0.5) is 8.78 Å². The number of ether oxygens (including phenoxy) is 1. The monoisotopic (exact) mass is 298 g/mol. The predicted molar refractivity (Wildman–Crippen MR) is 72.8 cm³/mol. The molecule has 2 aromatic rings. The summed E-state index contributed by atoms with van der Waals surface area (Å²) in [6.07, 6.45) is -0.887. The zero-order valence-corrected chi connectivity index (χ0v) is 11.5. The third-order valence-electron chi connectivity index (χ3n) is 2.82. The minimum atomic E-state index is -0.887. The van der Waals surface area contributed by atoms with E-state index in [4.69, 9.17) is 16.3 Å². The molecule has 0 aromatic heterocycles. The van der Waals surface area contributed by atoms with Gasteiger partial charge >= 0.3 is 0 Å². The molecule has 0 amide bonds. The van der Waals surface area contributed by atoms with Gasteiger partial charge in [-0.3, -0.25) is 0 Å². The maximum atomic E-state index is 13.6. The molecule has 0 heterocycles. The van der Waals surface area contributed by atoms with Crippen LogP contribution in [0.15, 0.2) is 36.4 Å². The van der Waals surface area contributed by atoms with Crippen molar-refractivity contribution in [1.82, 2.24) is 0 Å². The van der Waals surface area contributed by atoms with E-state index in [-0.39, 0.29) is 17.9 Å². The van der Waals surface area contributed by atoms with Gasteiger partial charge in [0.05, 0.1) is 6.10 Å². The summed E-state index contributed by atoms with van der Waals surface area (Å²) in [6.45, 7) is 1.51. The Morgan fingerprint density at radius 1 is 1.20 bits per heavy atom. The lowest BCUT2D eigenvalue weighted by molar-refractivity contribution is 0.194. The molecule has 0 saturated heterocycles.